The fraction of sp³-hybridized carbons (Fsp3) is 0.267. The molecule has 0 saturated carbocycles. The minimum atomic E-state index is -5.31. The lowest BCUT2D eigenvalue weighted by Crippen LogP contribution is -2.29. The van der Waals surface area contributed by atoms with Crippen molar-refractivity contribution < 1.29 is 52.7 Å². The summed E-state index contributed by atoms with van der Waals surface area (Å²) in [6, 6.07) is 8.99. The number of rotatable bonds is 6. The van der Waals surface area contributed by atoms with Crippen molar-refractivity contribution in [2.75, 3.05) is 14.1 Å². The first kappa shape index (κ1) is 33.6. The van der Waals surface area contributed by atoms with E-state index in [2.05, 4.69) is 0 Å². The molecule has 1 unspecified atom stereocenters. The molecule has 1 aliphatic carbocycles. The summed E-state index contributed by atoms with van der Waals surface area (Å²) in [5.74, 6) is -0.841. The molecule has 3 aromatic rings. The van der Waals surface area contributed by atoms with Crippen molar-refractivity contribution >= 4 is 18.5 Å². The standard InChI is InChI=1S/C30H22F12NP/c1-43(2)26(17-7-4-3-5-8-17)24-9-6-10-25(24)44(22-13-18(27(31,32)33)11-19(14-22)28(34,35)36)23-15-20(29(37,38)39)12-21(16-23)30(40,41)42/h3-16,24,26H,1-2H3/t24?,26-/m1/s1. The van der Waals surface area contributed by atoms with Gasteiger partial charge in [0.25, 0.3) is 0 Å². The Balaban J connectivity index is 2.07. The molecule has 0 aromatic heterocycles. The van der Waals surface area contributed by atoms with E-state index in [4.69, 9.17) is 0 Å². The lowest BCUT2D eigenvalue weighted by atomic mass is 9.93. The quantitative estimate of drug-likeness (QED) is 0.189. The van der Waals surface area contributed by atoms with Crippen LogP contribution < -0.4 is 10.6 Å². The molecule has 3 aromatic carbocycles. The van der Waals surface area contributed by atoms with Crippen LogP contribution in [-0.4, -0.2) is 19.0 Å². The molecule has 44 heavy (non-hydrogen) atoms. The van der Waals surface area contributed by atoms with Crippen LogP contribution in [0.5, 0.6) is 0 Å². The average Bonchev–Trinajstić information content (AvgIpc) is 3.35. The molecule has 236 valence electrons. The minimum Gasteiger partial charge on any atom is -0.301 e. The SMILES string of the molecule is CN(C)[C@H](c1ccccc1)C1C=CC=C1P(c1cc(C(F)(F)F)cc(C(F)(F)F)c1)c1cc(C(F)(F)F)cc(C(F)(F)F)c1. The molecule has 0 heterocycles. The van der Waals surface area contributed by atoms with Gasteiger partial charge in [-0.2, -0.15) is 52.7 Å². The summed E-state index contributed by atoms with van der Waals surface area (Å²) in [4.78, 5) is 1.69. The fourth-order valence-electron chi connectivity index (χ4n) is 5.03. The molecule has 1 nitrogen and oxygen atoms in total. The maximum atomic E-state index is 13.9. The second kappa shape index (κ2) is 11.9. The summed E-state index contributed by atoms with van der Waals surface area (Å²) in [5, 5.41) is -1.34. The normalized spacial score (nSPS) is 17.0. The molecule has 0 spiro atoms. The molecule has 0 N–H and O–H groups in total. The van der Waals surface area contributed by atoms with Gasteiger partial charge in [-0.15, -0.1) is 0 Å². The van der Waals surface area contributed by atoms with Crippen molar-refractivity contribution in [1.82, 2.24) is 4.90 Å². The van der Waals surface area contributed by atoms with E-state index in [1.54, 1.807) is 55.4 Å². The summed E-state index contributed by atoms with van der Waals surface area (Å²) < 4.78 is 166. The lowest BCUT2D eigenvalue weighted by molar-refractivity contribution is -0.144. The molecule has 0 bridgehead atoms. The highest BCUT2D eigenvalue weighted by atomic mass is 31.1. The topological polar surface area (TPSA) is 3.24 Å². The van der Waals surface area contributed by atoms with E-state index in [9.17, 15) is 52.7 Å². The molecule has 4 rings (SSSR count). The van der Waals surface area contributed by atoms with E-state index in [1.165, 1.54) is 12.2 Å². The third kappa shape index (κ3) is 7.31. The molecule has 2 atom stereocenters. The van der Waals surface area contributed by atoms with E-state index < -0.39 is 77.4 Å². The first-order valence-corrected chi connectivity index (χ1v) is 14.0. The molecule has 0 fully saturated rings. The van der Waals surface area contributed by atoms with Gasteiger partial charge in [-0.3, -0.25) is 0 Å². The maximum absolute atomic E-state index is 13.9. The van der Waals surface area contributed by atoms with Crippen LogP contribution >= 0.6 is 7.92 Å². The predicted molar refractivity (Wildman–Crippen MR) is 143 cm³/mol. The van der Waals surface area contributed by atoms with E-state index in [0.29, 0.717) is 29.8 Å². The van der Waals surface area contributed by atoms with Crippen molar-refractivity contribution in [3.8, 4) is 0 Å². The number of allylic oxidation sites excluding steroid dienone is 2. The Labute approximate surface area is 245 Å². The molecule has 14 heteroatoms. The highest BCUT2D eigenvalue weighted by molar-refractivity contribution is 7.76. The number of hydrogen-bond donors (Lipinski definition) is 0. The van der Waals surface area contributed by atoms with Gasteiger partial charge in [0.2, 0.25) is 0 Å². The largest absolute Gasteiger partial charge is 0.416 e. The van der Waals surface area contributed by atoms with Crippen LogP contribution in [0.1, 0.15) is 33.9 Å². The van der Waals surface area contributed by atoms with Crippen LogP contribution in [0.4, 0.5) is 52.7 Å². The molecular formula is C30H22F12NP. The van der Waals surface area contributed by atoms with Crippen molar-refractivity contribution in [2.24, 2.45) is 5.92 Å². The van der Waals surface area contributed by atoms with E-state index >= 15 is 0 Å². The van der Waals surface area contributed by atoms with Gasteiger partial charge < -0.3 is 4.90 Å². The molecular weight excluding hydrogens is 633 g/mol. The van der Waals surface area contributed by atoms with Gasteiger partial charge in [-0.25, -0.2) is 0 Å². The fourth-order valence-corrected chi connectivity index (χ4v) is 7.76. The molecule has 0 amide bonds. The van der Waals surface area contributed by atoms with Crippen LogP contribution in [0.3, 0.4) is 0 Å². The monoisotopic (exact) mass is 655 g/mol. The molecule has 0 saturated heterocycles. The van der Waals surface area contributed by atoms with Crippen LogP contribution in [0.2, 0.25) is 0 Å². The van der Waals surface area contributed by atoms with E-state index in [1.807, 2.05) is 0 Å². The third-order valence-electron chi connectivity index (χ3n) is 6.88. The zero-order valence-corrected chi connectivity index (χ0v) is 23.6. The van der Waals surface area contributed by atoms with Crippen LogP contribution in [0, 0.1) is 5.92 Å². The van der Waals surface area contributed by atoms with Crippen LogP contribution in [0.15, 0.2) is 90.3 Å². The number of alkyl halides is 12. The maximum Gasteiger partial charge on any atom is 0.416 e. The van der Waals surface area contributed by atoms with E-state index in [0.717, 1.165) is 0 Å². The summed E-state index contributed by atoms with van der Waals surface area (Å²) in [6.07, 6.45) is -16.9. The predicted octanol–water partition coefficient (Wildman–Crippen LogP) is 9.57. The van der Waals surface area contributed by atoms with Gasteiger partial charge in [-0.05, 0) is 79.9 Å². The zero-order chi connectivity index (χ0) is 32.8. The number of nitrogens with zero attached hydrogens (tertiary/aromatic N) is 1. The van der Waals surface area contributed by atoms with Crippen molar-refractivity contribution in [3.63, 3.8) is 0 Å². The number of hydrogen-bond acceptors (Lipinski definition) is 1. The van der Waals surface area contributed by atoms with E-state index in [-0.39, 0.29) is 17.4 Å². The smallest absolute Gasteiger partial charge is 0.301 e. The molecule has 0 aliphatic heterocycles. The van der Waals surface area contributed by atoms with Gasteiger partial charge in [0, 0.05) is 12.0 Å². The Kier molecular flexibility index (Phi) is 9.07. The van der Waals surface area contributed by atoms with Gasteiger partial charge in [-0.1, -0.05) is 48.6 Å². The van der Waals surface area contributed by atoms with Gasteiger partial charge in [0.05, 0.1) is 22.3 Å². The summed E-state index contributed by atoms with van der Waals surface area (Å²) in [7, 11) is 0.461. The Morgan fingerprint density at radius 2 is 0.977 bits per heavy atom. The highest BCUT2D eigenvalue weighted by Gasteiger charge is 2.42. The Hall–Kier alpha value is -3.31. The average molecular weight is 655 g/mol. The zero-order valence-electron chi connectivity index (χ0n) is 22.7. The second-order valence-corrected chi connectivity index (χ2v) is 12.4. The Morgan fingerprint density at radius 3 is 1.32 bits per heavy atom. The van der Waals surface area contributed by atoms with Crippen molar-refractivity contribution in [3.05, 3.63) is 118 Å². The Bertz CT molecular complexity index is 1410. The van der Waals surface area contributed by atoms with Crippen molar-refractivity contribution in [1.29, 1.82) is 0 Å². The highest BCUT2D eigenvalue weighted by Crippen LogP contribution is 2.55. The summed E-state index contributed by atoms with van der Waals surface area (Å²) in [5.41, 5.74) is -6.32. The van der Waals surface area contributed by atoms with Crippen molar-refractivity contribution in [2.45, 2.75) is 30.7 Å². The van der Waals surface area contributed by atoms with Gasteiger partial charge in [0.1, 0.15) is 0 Å². The van der Waals surface area contributed by atoms with Gasteiger partial charge >= 0.3 is 24.7 Å². The first-order chi connectivity index (χ1) is 20.2. The molecule has 1 aliphatic rings. The Morgan fingerprint density at radius 1 is 0.591 bits per heavy atom. The summed E-state index contributed by atoms with van der Waals surface area (Å²) in [6.45, 7) is 0. The van der Waals surface area contributed by atoms with Crippen LogP contribution in [-0.2, 0) is 24.7 Å². The second-order valence-electron chi connectivity index (χ2n) is 10.2. The first-order valence-electron chi connectivity index (χ1n) is 12.7. The van der Waals surface area contributed by atoms with Crippen LogP contribution in [0.25, 0.3) is 0 Å². The third-order valence-corrected chi connectivity index (χ3v) is 9.40. The van der Waals surface area contributed by atoms with Gasteiger partial charge in [0.15, 0.2) is 0 Å². The number of benzene rings is 3. The molecule has 0 radical (unpaired) electrons. The lowest BCUT2D eigenvalue weighted by Gasteiger charge is -2.35. The summed E-state index contributed by atoms with van der Waals surface area (Å²) >= 11 is 0. The number of halogens is 12. The minimum absolute atomic E-state index is 0.0717.